The molecule has 0 saturated carbocycles. The van der Waals surface area contributed by atoms with E-state index in [0.29, 0.717) is 5.13 Å². The largest absolute Gasteiger partial charge is 0.357 e. The fourth-order valence-corrected chi connectivity index (χ4v) is 3.14. The maximum absolute atomic E-state index is 11.4. The van der Waals surface area contributed by atoms with E-state index in [-0.39, 0.29) is 17.3 Å². The average molecular weight is 330 g/mol. The number of aromatic nitrogens is 3. The highest BCUT2D eigenvalue weighted by atomic mass is 32.1. The zero-order valence-corrected chi connectivity index (χ0v) is 13.6. The number of fused-ring (bicyclic) bond motifs is 1. The molecule has 0 aliphatic heterocycles. The summed E-state index contributed by atoms with van der Waals surface area (Å²) in [4.78, 5) is 25.0. The van der Waals surface area contributed by atoms with Crippen LogP contribution in [0.25, 0.3) is 10.2 Å². The first-order valence-corrected chi connectivity index (χ1v) is 7.59. The summed E-state index contributed by atoms with van der Waals surface area (Å²) in [6.45, 7) is 1.98. The van der Waals surface area contributed by atoms with Crippen LogP contribution in [0.4, 0.5) is 22.5 Å². The van der Waals surface area contributed by atoms with Crippen molar-refractivity contribution in [2.45, 2.75) is 6.92 Å². The van der Waals surface area contributed by atoms with Gasteiger partial charge in [-0.3, -0.25) is 10.1 Å². The second-order valence-electron chi connectivity index (χ2n) is 5.11. The van der Waals surface area contributed by atoms with E-state index >= 15 is 0 Å². The van der Waals surface area contributed by atoms with Gasteiger partial charge in [-0.15, -0.1) is 0 Å². The van der Waals surface area contributed by atoms with Crippen LogP contribution in [0, 0.1) is 17.0 Å². The Labute approximate surface area is 136 Å². The molecular formula is C14H14N6O2S. The van der Waals surface area contributed by atoms with Gasteiger partial charge < -0.3 is 10.2 Å². The summed E-state index contributed by atoms with van der Waals surface area (Å²) >= 11 is 1.42. The highest BCUT2D eigenvalue weighted by Gasteiger charge is 2.25. The van der Waals surface area contributed by atoms with Crippen molar-refractivity contribution in [1.29, 1.82) is 0 Å². The molecule has 0 radical (unpaired) electrons. The minimum absolute atomic E-state index is 0.130. The van der Waals surface area contributed by atoms with Crippen LogP contribution in [0.3, 0.4) is 0 Å². The molecule has 2 heterocycles. The van der Waals surface area contributed by atoms with Crippen LogP contribution in [0.5, 0.6) is 0 Å². The molecule has 9 heteroatoms. The number of rotatable bonds is 4. The van der Waals surface area contributed by atoms with E-state index in [4.69, 9.17) is 0 Å². The van der Waals surface area contributed by atoms with Crippen LogP contribution in [0.15, 0.2) is 24.5 Å². The van der Waals surface area contributed by atoms with E-state index < -0.39 is 4.92 Å². The van der Waals surface area contributed by atoms with Gasteiger partial charge in [-0.1, -0.05) is 23.5 Å². The summed E-state index contributed by atoms with van der Waals surface area (Å²) in [5.74, 6) is 0.371. The Kier molecular flexibility index (Phi) is 3.78. The van der Waals surface area contributed by atoms with Gasteiger partial charge in [-0.05, 0) is 18.6 Å². The SMILES string of the molecule is Cc1cccc2sc(Nc3ncnc(N(C)C)c3[N+](=O)[O-])nc12. The molecule has 0 fully saturated rings. The Balaban J connectivity index is 2.06. The van der Waals surface area contributed by atoms with Crippen LogP contribution in [0.1, 0.15) is 5.56 Å². The molecule has 3 rings (SSSR count). The third-order valence-corrected chi connectivity index (χ3v) is 4.19. The summed E-state index contributed by atoms with van der Waals surface area (Å²) in [5.41, 5.74) is 1.76. The van der Waals surface area contributed by atoms with E-state index in [0.717, 1.165) is 15.8 Å². The van der Waals surface area contributed by atoms with Gasteiger partial charge in [-0.25, -0.2) is 15.0 Å². The molecule has 1 aromatic carbocycles. The summed E-state index contributed by atoms with van der Waals surface area (Å²) < 4.78 is 1.01. The van der Waals surface area contributed by atoms with E-state index in [9.17, 15) is 10.1 Å². The zero-order chi connectivity index (χ0) is 16.6. The number of nitro groups is 1. The van der Waals surface area contributed by atoms with Crippen molar-refractivity contribution >= 4 is 44.0 Å². The lowest BCUT2D eigenvalue weighted by molar-refractivity contribution is -0.383. The molecule has 8 nitrogen and oxygen atoms in total. The van der Waals surface area contributed by atoms with E-state index in [2.05, 4.69) is 20.3 Å². The maximum atomic E-state index is 11.4. The Morgan fingerprint density at radius 1 is 1.30 bits per heavy atom. The van der Waals surface area contributed by atoms with Crippen molar-refractivity contribution < 1.29 is 4.92 Å². The number of para-hydroxylation sites is 1. The van der Waals surface area contributed by atoms with E-state index in [1.807, 2.05) is 25.1 Å². The number of aryl methyl sites for hydroxylation is 1. The number of anilines is 3. The maximum Gasteiger partial charge on any atom is 0.353 e. The van der Waals surface area contributed by atoms with Crippen molar-refractivity contribution in [2.24, 2.45) is 0 Å². The lowest BCUT2D eigenvalue weighted by atomic mass is 10.2. The van der Waals surface area contributed by atoms with Crippen LogP contribution in [-0.2, 0) is 0 Å². The van der Waals surface area contributed by atoms with Crippen molar-refractivity contribution in [3.05, 3.63) is 40.2 Å². The monoisotopic (exact) mass is 330 g/mol. The quantitative estimate of drug-likeness (QED) is 0.580. The molecule has 3 aromatic rings. The Hall–Kier alpha value is -2.81. The lowest BCUT2D eigenvalue weighted by Crippen LogP contribution is -2.14. The minimum Gasteiger partial charge on any atom is -0.357 e. The normalized spacial score (nSPS) is 10.7. The smallest absolute Gasteiger partial charge is 0.353 e. The lowest BCUT2D eigenvalue weighted by Gasteiger charge is -2.12. The van der Waals surface area contributed by atoms with Gasteiger partial charge in [0.2, 0.25) is 11.6 Å². The molecule has 23 heavy (non-hydrogen) atoms. The summed E-state index contributed by atoms with van der Waals surface area (Å²) in [6, 6.07) is 5.89. The number of hydrogen-bond acceptors (Lipinski definition) is 8. The van der Waals surface area contributed by atoms with Crippen LogP contribution >= 0.6 is 11.3 Å². The van der Waals surface area contributed by atoms with Crippen molar-refractivity contribution in [3.8, 4) is 0 Å². The second kappa shape index (κ2) is 5.76. The molecule has 0 spiro atoms. The van der Waals surface area contributed by atoms with Gasteiger partial charge in [0.25, 0.3) is 0 Å². The molecule has 0 aliphatic rings. The molecule has 1 N–H and O–H groups in total. The number of hydrogen-bond donors (Lipinski definition) is 1. The molecule has 0 amide bonds. The summed E-state index contributed by atoms with van der Waals surface area (Å²) in [5, 5.41) is 14.9. The van der Waals surface area contributed by atoms with Crippen LogP contribution in [-0.4, -0.2) is 34.0 Å². The molecule has 118 valence electrons. The van der Waals surface area contributed by atoms with Gasteiger partial charge in [0.15, 0.2) is 5.13 Å². The molecule has 0 atom stereocenters. The van der Waals surface area contributed by atoms with Gasteiger partial charge in [0.05, 0.1) is 15.1 Å². The first-order valence-electron chi connectivity index (χ1n) is 6.77. The summed E-state index contributed by atoms with van der Waals surface area (Å²) in [7, 11) is 3.39. The number of benzene rings is 1. The fourth-order valence-electron chi connectivity index (χ4n) is 2.20. The molecule has 0 bridgehead atoms. The van der Waals surface area contributed by atoms with Crippen molar-refractivity contribution in [1.82, 2.24) is 15.0 Å². The number of nitrogens with one attached hydrogen (secondary N) is 1. The van der Waals surface area contributed by atoms with Gasteiger partial charge in [0, 0.05) is 14.1 Å². The predicted molar refractivity (Wildman–Crippen MR) is 90.7 cm³/mol. The van der Waals surface area contributed by atoms with Gasteiger partial charge in [0.1, 0.15) is 6.33 Å². The van der Waals surface area contributed by atoms with Gasteiger partial charge in [-0.2, -0.15) is 0 Å². The van der Waals surface area contributed by atoms with Crippen molar-refractivity contribution in [3.63, 3.8) is 0 Å². The van der Waals surface area contributed by atoms with Crippen molar-refractivity contribution in [2.75, 3.05) is 24.3 Å². The number of nitrogens with zero attached hydrogens (tertiary/aromatic N) is 5. The topological polar surface area (TPSA) is 97.1 Å². The van der Waals surface area contributed by atoms with E-state index in [1.54, 1.807) is 19.0 Å². The molecule has 0 aliphatic carbocycles. The third kappa shape index (κ3) is 2.78. The first-order chi connectivity index (χ1) is 11.0. The Morgan fingerprint density at radius 2 is 2.09 bits per heavy atom. The molecule has 2 aromatic heterocycles. The van der Waals surface area contributed by atoms with E-state index in [1.165, 1.54) is 17.7 Å². The highest BCUT2D eigenvalue weighted by molar-refractivity contribution is 7.22. The van der Waals surface area contributed by atoms with Crippen LogP contribution < -0.4 is 10.2 Å². The minimum atomic E-state index is -0.490. The summed E-state index contributed by atoms with van der Waals surface area (Å²) in [6.07, 6.45) is 1.29. The third-order valence-electron chi connectivity index (χ3n) is 3.26. The Bertz CT molecular complexity index is 892. The molecule has 0 saturated heterocycles. The standard InChI is InChI=1S/C14H14N6O2S/c1-8-5-4-6-9-10(8)17-14(23-9)18-12-11(20(21)22)13(19(2)3)16-7-15-12/h4-7H,1-3H3,(H,15,16,17,18). The Morgan fingerprint density at radius 3 is 2.74 bits per heavy atom. The van der Waals surface area contributed by atoms with Crippen LogP contribution in [0.2, 0.25) is 0 Å². The first kappa shape index (κ1) is 15.1. The fraction of sp³-hybridized carbons (Fsp3) is 0.214. The second-order valence-corrected chi connectivity index (χ2v) is 6.14. The zero-order valence-electron chi connectivity index (χ0n) is 12.8. The highest BCUT2D eigenvalue weighted by Crippen LogP contribution is 2.35. The van der Waals surface area contributed by atoms with Gasteiger partial charge >= 0.3 is 5.69 Å². The average Bonchev–Trinajstić information content (AvgIpc) is 2.90. The predicted octanol–water partition coefficient (Wildman–Crippen LogP) is 3.11. The number of thiazole rings is 1. The molecule has 0 unspecified atom stereocenters. The molecular weight excluding hydrogens is 316 g/mol.